The van der Waals surface area contributed by atoms with Gasteiger partial charge in [0.05, 0.1) is 11.3 Å². The zero-order valence-corrected chi connectivity index (χ0v) is 18.5. The minimum absolute atomic E-state index is 0.142. The van der Waals surface area contributed by atoms with E-state index in [4.69, 9.17) is 4.74 Å². The maximum Gasteiger partial charge on any atom is 0.265 e. The highest BCUT2D eigenvalue weighted by atomic mass is 16.5. The van der Waals surface area contributed by atoms with Crippen molar-refractivity contribution < 1.29 is 14.3 Å². The van der Waals surface area contributed by atoms with Crippen LogP contribution in [0.3, 0.4) is 0 Å². The number of nitrogens with one attached hydrogen (secondary N) is 2. The van der Waals surface area contributed by atoms with Gasteiger partial charge in [-0.25, -0.2) is 0 Å². The Hall–Kier alpha value is -3.34. The van der Waals surface area contributed by atoms with Crippen LogP contribution in [0.15, 0.2) is 66.7 Å². The number of hydrogen-bond acceptors (Lipinski definition) is 3. The van der Waals surface area contributed by atoms with E-state index in [1.165, 1.54) is 6.42 Å². The molecule has 1 atom stereocenters. The van der Waals surface area contributed by atoms with Crippen LogP contribution in [0.4, 0.5) is 5.69 Å². The molecule has 1 unspecified atom stereocenters. The predicted molar refractivity (Wildman–Crippen MR) is 128 cm³/mol. The first-order chi connectivity index (χ1) is 15.6. The van der Waals surface area contributed by atoms with Crippen LogP contribution >= 0.6 is 0 Å². The fourth-order valence-corrected chi connectivity index (χ4v) is 4.24. The van der Waals surface area contributed by atoms with Crippen LogP contribution in [0.2, 0.25) is 0 Å². The average molecular weight is 431 g/mol. The molecule has 0 bridgehead atoms. The highest BCUT2D eigenvalue weighted by molar-refractivity contribution is 6.04. The second-order valence-corrected chi connectivity index (χ2v) is 8.37. The smallest absolute Gasteiger partial charge is 0.265 e. The van der Waals surface area contributed by atoms with Crippen LogP contribution in [0.1, 0.15) is 55.8 Å². The second kappa shape index (κ2) is 10.3. The zero-order valence-electron chi connectivity index (χ0n) is 18.5. The van der Waals surface area contributed by atoms with Crippen LogP contribution in [0.5, 0.6) is 5.75 Å². The Morgan fingerprint density at radius 2 is 1.66 bits per heavy atom. The molecule has 3 aromatic carbocycles. The van der Waals surface area contributed by atoms with E-state index in [0.717, 1.165) is 36.5 Å². The molecular weight excluding hydrogens is 400 g/mol. The first-order valence-electron chi connectivity index (χ1n) is 11.5. The molecule has 5 heteroatoms. The number of anilines is 1. The minimum atomic E-state index is -0.661. The summed E-state index contributed by atoms with van der Waals surface area (Å²) in [5, 5.41) is 8.22. The Morgan fingerprint density at radius 1 is 0.938 bits per heavy atom. The largest absolute Gasteiger partial charge is 0.481 e. The Kier molecular flexibility index (Phi) is 7.05. The molecule has 0 spiro atoms. The van der Waals surface area contributed by atoms with Crippen molar-refractivity contribution in [2.75, 3.05) is 5.32 Å². The first kappa shape index (κ1) is 21.9. The number of amides is 2. The van der Waals surface area contributed by atoms with Gasteiger partial charge in [0.15, 0.2) is 6.10 Å². The summed E-state index contributed by atoms with van der Waals surface area (Å²) in [5.74, 6) is 0.240. The normalized spacial score (nSPS) is 15.2. The van der Waals surface area contributed by atoms with E-state index in [1.54, 1.807) is 12.1 Å². The van der Waals surface area contributed by atoms with Crippen molar-refractivity contribution in [2.45, 2.75) is 57.6 Å². The maximum atomic E-state index is 13.0. The Labute approximate surface area is 189 Å². The van der Waals surface area contributed by atoms with Gasteiger partial charge in [-0.15, -0.1) is 0 Å². The number of benzene rings is 3. The van der Waals surface area contributed by atoms with Crippen molar-refractivity contribution >= 4 is 28.3 Å². The van der Waals surface area contributed by atoms with Crippen LogP contribution in [-0.2, 0) is 4.79 Å². The number of para-hydroxylation sites is 1. The van der Waals surface area contributed by atoms with Gasteiger partial charge in [-0.05, 0) is 54.3 Å². The molecule has 5 nitrogen and oxygen atoms in total. The molecule has 0 aliphatic heterocycles. The highest BCUT2D eigenvalue weighted by Gasteiger charge is 2.22. The van der Waals surface area contributed by atoms with Gasteiger partial charge >= 0.3 is 0 Å². The molecule has 1 fully saturated rings. The third-order valence-electron chi connectivity index (χ3n) is 6.03. The first-order valence-corrected chi connectivity index (χ1v) is 11.5. The van der Waals surface area contributed by atoms with Gasteiger partial charge in [0, 0.05) is 6.04 Å². The van der Waals surface area contributed by atoms with Crippen LogP contribution in [-0.4, -0.2) is 24.0 Å². The number of hydrogen-bond donors (Lipinski definition) is 2. The van der Waals surface area contributed by atoms with Gasteiger partial charge in [-0.2, -0.15) is 0 Å². The van der Waals surface area contributed by atoms with Crippen molar-refractivity contribution in [2.24, 2.45) is 0 Å². The van der Waals surface area contributed by atoms with Crippen molar-refractivity contribution in [3.05, 3.63) is 72.3 Å². The number of fused-ring (bicyclic) bond motifs is 1. The summed E-state index contributed by atoms with van der Waals surface area (Å²) in [6.45, 7) is 1.91. The molecule has 1 aliphatic carbocycles. The lowest BCUT2D eigenvalue weighted by Crippen LogP contribution is -2.37. The molecule has 0 aromatic heterocycles. The van der Waals surface area contributed by atoms with Crippen molar-refractivity contribution in [3.8, 4) is 5.75 Å². The number of carbonyl (C=O) groups is 2. The molecule has 0 saturated heterocycles. The highest BCUT2D eigenvalue weighted by Crippen LogP contribution is 2.23. The predicted octanol–water partition coefficient (Wildman–Crippen LogP) is 5.70. The van der Waals surface area contributed by atoms with Gasteiger partial charge in [0.2, 0.25) is 0 Å². The topological polar surface area (TPSA) is 67.4 Å². The van der Waals surface area contributed by atoms with Crippen molar-refractivity contribution in [1.82, 2.24) is 5.32 Å². The van der Waals surface area contributed by atoms with Crippen LogP contribution in [0, 0.1) is 0 Å². The Balaban J connectivity index is 1.45. The van der Waals surface area contributed by atoms with Gasteiger partial charge in [0.25, 0.3) is 11.8 Å². The fourth-order valence-electron chi connectivity index (χ4n) is 4.24. The maximum absolute atomic E-state index is 13.0. The van der Waals surface area contributed by atoms with Crippen molar-refractivity contribution in [1.29, 1.82) is 0 Å². The molecule has 4 rings (SSSR count). The molecule has 3 aromatic rings. The summed E-state index contributed by atoms with van der Waals surface area (Å²) in [7, 11) is 0. The molecule has 166 valence electrons. The molecule has 32 heavy (non-hydrogen) atoms. The summed E-state index contributed by atoms with van der Waals surface area (Å²) in [4.78, 5) is 25.9. The molecule has 1 saturated carbocycles. The van der Waals surface area contributed by atoms with E-state index in [-0.39, 0.29) is 17.9 Å². The molecular formula is C27H30N2O3. The van der Waals surface area contributed by atoms with Crippen molar-refractivity contribution in [3.63, 3.8) is 0 Å². The molecule has 0 radical (unpaired) electrons. The van der Waals surface area contributed by atoms with E-state index in [0.29, 0.717) is 23.4 Å². The van der Waals surface area contributed by atoms with E-state index in [1.807, 2.05) is 61.5 Å². The molecule has 1 aliphatic rings. The monoisotopic (exact) mass is 430 g/mol. The molecule has 2 N–H and O–H groups in total. The lowest BCUT2D eigenvalue weighted by Gasteiger charge is -2.23. The number of rotatable bonds is 7. The quantitative estimate of drug-likeness (QED) is 0.505. The summed E-state index contributed by atoms with van der Waals surface area (Å²) in [6, 6.07) is 21.2. The number of carbonyl (C=O) groups excluding carboxylic acids is 2. The van der Waals surface area contributed by atoms with E-state index in [2.05, 4.69) is 10.6 Å². The summed E-state index contributed by atoms with van der Waals surface area (Å²) < 4.78 is 6.02. The van der Waals surface area contributed by atoms with Crippen LogP contribution in [0.25, 0.3) is 10.8 Å². The number of ether oxygens (including phenoxy) is 1. The van der Waals surface area contributed by atoms with E-state index in [9.17, 15) is 9.59 Å². The van der Waals surface area contributed by atoms with Crippen LogP contribution < -0.4 is 15.4 Å². The standard InChI is InChI=1S/C27H30N2O3/c1-2-25(32-22-17-16-19-10-6-7-11-20(19)18-22)27(31)29-24-15-9-8-14-23(24)26(30)28-21-12-4-3-5-13-21/h6-11,14-18,21,25H,2-5,12-13H2,1H3,(H,28,30)(H,29,31). The third-order valence-corrected chi connectivity index (χ3v) is 6.03. The Morgan fingerprint density at radius 3 is 2.44 bits per heavy atom. The van der Waals surface area contributed by atoms with Gasteiger partial charge < -0.3 is 15.4 Å². The zero-order chi connectivity index (χ0) is 22.3. The molecule has 0 heterocycles. The lowest BCUT2D eigenvalue weighted by atomic mass is 9.95. The second-order valence-electron chi connectivity index (χ2n) is 8.37. The van der Waals surface area contributed by atoms with Gasteiger partial charge in [0.1, 0.15) is 5.75 Å². The van der Waals surface area contributed by atoms with E-state index >= 15 is 0 Å². The minimum Gasteiger partial charge on any atom is -0.481 e. The third kappa shape index (κ3) is 5.28. The van der Waals surface area contributed by atoms with E-state index < -0.39 is 6.10 Å². The molecule has 2 amide bonds. The summed E-state index contributed by atoms with van der Waals surface area (Å²) in [6.07, 6.45) is 5.39. The van der Waals surface area contributed by atoms with Gasteiger partial charge in [-0.1, -0.05) is 68.7 Å². The SMILES string of the molecule is CCC(Oc1ccc2ccccc2c1)C(=O)Nc1ccccc1C(=O)NC1CCCCC1. The lowest BCUT2D eigenvalue weighted by molar-refractivity contribution is -0.122. The summed E-state index contributed by atoms with van der Waals surface area (Å²) in [5.41, 5.74) is 0.985. The average Bonchev–Trinajstić information content (AvgIpc) is 2.83. The Bertz CT molecular complexity index is 1090. The fraction of sp³-hybridized carbons (Fsp3) is 0.333. The van der Waals surface area contributed by atoms with Gasteiger partial charge in [-0.3, -0.25) is 9.59 Å². The summed E-state index contributed by atoms with van der Waals surface area (Å²) >= 11 is 0.